The van der Waals surface area contributed by atoms with Crippen LogP contribution in [0.15, 0.2) is 45.9 Å². The highest BCUT2D eigenvalue weighted by Gasteiger charge is 2.15. The Morgan fingerprint density at radius 2 is 1.95 bits per heavy atom. The van der Waals surface area contributed by atoms with Crippen molar-refractivity contribution < 1.29 is 17.2 Å². The molecule has 1 aromatic carbocycles. The molecule has 0 radical (unpaired) electrons. The van der Waals surface area contributed by atoms with Gasteiger partial charge < -0.3 is 9.73 Å². The number of sulfonamides is 1. The second-order valence-corrected chi connectivity index (χ2v) is 6.26. The van der Waals surface area contributed by atoms with E-state index in [1.165, 1.54) is 19.2 Å². The zero-order valence-electron chi connectivity index (χ0n) is 11.6. The Hall–Kier alpha value is -1.70. The quantitative estimate of drug-likeness (QED) is 0.763. The standard InChI is InChI=1S/C14H17FN2O3S/c1-16-21(18,19)14-7-6-12(20-14)10-17-9-8-11-4-2-3-5-13(11)15/h2-7,16-17H,8-10H2,1H3. The van der Waals surface area contributed by atoms with Crippen molar-refractivity contribution in [3.8, 4) is 0 Å². The van der Waals surface area contributed by atoms with Gasteiger partial charge in [0.15, 0.2) is 0 Å². The van der Waals surface area contributed by atoms with Crippen LogP contribution in [0, 0.1) is 5.82 Å². The molecule has 0 fully saturated rings. The summed E-state index contributed by atoms with van der Waals surface area (Å²) in [5.41, 5.74) is 0.642. The molecule has 2 N–H and O–H groups in total. The minimum atomic E-state index is -3.55. The molecular weight excluding hydrogens is 295 g/mol. The molecule has 0 saturated carbocycles. The van der Waals surface area contributed by atoms with E-state index in [9.17, 15) is 12.8 Å². The summed E-state index contributed by atoms with van der Waals surface area (Å²) in [6.45, 7) is 0.948. The molecule has 2 aromatic rings. The second-order valence-electron chi connectivity index (χ2n) is 4.45. The average Bonchev–Trinajstić information content (AvgIpc) is 2.95. The third-order valence-corrected chi connectivity index (χ3v) is 4.29. The van der Waals surface area contributed by atoms with Gasteiger partial charge in [0.1, 0.15) is 11.6 Å². The van der Waals surface area contributed by atoms with Crippen LogP contribution < -0.4 is 10.0 Å². The number of hydrogen-bond acceptors (Lipinski definition) is 4. The summed E-state index contributed by atoms with van der Waals surface area (Å²) in [5, 5.41) is 2.97. The van der Waals surface area contributed by atoms with E-state index >= 15 is 0 Å². The number of hydrogen-bond donors (Lipinski definition) is 2. The summed E-state index contributed by atoms with van der Waals surface area (Å²) in [4.78, 5) is 0. The Bertz CT molecular complexity index is 698. The van der Waals surface area contributed by atoms with Gasteiger partial charge in [-0.1, -0.05) is 18.2 Å². The van der Waals surface area contributed by atoms with Gasteiger partial charge in [-0.25, -0.2) is 17.5 Å². The van der Waals surface area contributed by atoms with E-state index in [-0.39, 0.29) is 10.9 Å². The number of rotatable bonds is 7. The fraction of sp³-hybridized carbons (Fsp3) is 0.286. The van der Waals surface area contributed by atoms with E-state index in [1.807, 2.05) is 0 Å². The molecule has 114 valence electrons. The molecule has 0 atom stereocenters. The average molecular weight is 312 g/mol. The molecule has 0 bridgehead atoms. The molecule has 1 heterocycles. The topological polar surface area (TPSA) is 71.3 Å². The molecule has 0 unspecified atom stereocenters. The van der Waals surface area contributed by atoms with Crippen LogP contribution in [-0.2, 0) is 23.0 Å². The minimum absolute atomic E-state index is 0.115. The summed E-state index contributed by atoms with van der Waals surface area (Å²) in [6.07, 6.45) is 0.551. The van der Waals surface area contributed by atoms with Crippen molar-refractivity contribution in [1.29, 1.82) is 0 Å². The van der Waals surface area contributed by atoms with Gasteiger partial charge in [0.05, 0.1) is 6.54 Å². The Balaban J connectivity index is 1.83. The molecule has 21 heavy (non-hydrogen) atoms. The van der Waals surface area contributed by atoms with E-state index in [2.05, 4.69) is 10.0 Å². The Morgan fingerprint density at radius 3 is 2.67 bits per heavy atom. The molecule has 0 aliphatic heterocycles. The number of nitrogens with one attached hydrogen (secondary N) is 2. The highest BCUT2D eigenvalue weighted by molar-refractivity contribution is 7.89. The molecule has 7 heteroatoms. The van der Waals surface area contributed by atoms with Crippen molar-refractivity contribution in [2.75, 3.05) is 13.6 Å². The van der Waals surface area contributed by atoms with Gasteiger partial charge in [-0.05, 0) is 43.8 Å². The van der Waals surface area contributed by atoms with Crippen molar-refractivity contribution in [1.82, 2.24) is 10.0 Å². The maximum atomic E-state index is 13.4. The van der Waals surface area contributed by atoms with Gasteiger partial charge >= 0.3 is 0 Å². The van der Waals surface area contributed by atoms with Crippen LogP contribution in [0.25, 0.3) is 0 Å². The minimum Gasteiger partial charge on any atom is -0.447 e. The molecule has 0 amide bonds. The monoisotopic (exact) mass is 312 g/mol. The van der Waals surface area contributed by atoms with E-state index < -0.39 is 10.0 Å². The normalized spacial score (nSPS) is 11.7. The van der Waals surface area contributed by atoms with Crippen molar-refractivity contribution >= 4 is 10.0 Å². The molecule has 5 nitrogen and oxygen atoms in total. The Morgan fingerprint density at radius 1 is 1.19 bits per heavy atom. The molecule has 0 aliphatic carbocycles. The lowest BCUT2D eigenvalue weighted by molar-refractivity contribution is 0.401. The highest BCUT2D eigenvalue weighted by atomic mass is 32.2. The van der Waals surface area contributed by atoms with Crippen LogP contribution in [0.2, 0.25) is 0 Å². The first-order valence-electron chi connectivity index (χ1n) is 6.49. The summed E-state index contributed by atoms with van der Waals surface area (Å²) < 4.78 is 43.8. The van der Waals surface area contributed by atoms with Crippen LogP contribution in [0.1, 0.15) is 11.3 Å². The number of halogens is 1. The first-order chi connectivity index (χ1) is 10.0. The zero-order valence-corrected chi connectivity index (χ0v) is 12.4. The fourth-order valence-corrected chi connectivity index (χ4v) is 2.50. The van der Waals surface area contributed by atoms with Crippen LogP contribution in [0.3, 0.4) is 0 Å². The summed E-state index contributed by atoms with van der Waals surface area (Å²) >= 11 is 0. The summed E-state index contributed by atoms with van der Waals surface area (Å²) in [5.74, 6) is 0.289. The molecule has 2 rings (SSSR count). The van der Waals surface area contributed by atoms with Crippen LogP contribution in [0.5, 0.6) is 0 Å². The lowest BCUT2D eigenvalue weighted by atomic mass is 10.1. The van der Waals surface area contributed by atoms with E-state index in [0.29, 0.717) is 30.8 Å². The van der Waals surface area contributed by atoms with Crippen LogP contribution in [0.4, 0.5) is 4.39 Å². The smallest absolute Gasteiger partial charge is 0.273 e. The van der Waals surface area contributed by atoms with Crippen molar-refractivity contribution in [2.24, 2.45) is 0 Å². The molecule has 0 spiro atoms. The number of benzene rings is 1. The molecular formula is C14H17FN2O3S. The highest BCUT2D eigenvalue weighted by Crippen LogP contribution is 2.13. The van der Waals surface area contributed by atoms with Gasteiger partial charge in [-0.15, -0.1) is 0 Å². The van der Waals surface area contributed by atoms with Crippen molar-refractivity contribution in [2.45, 2.75) is 18.1 Å². The maximum absolute atomic E-state index is 13.4. The van der Waals surface area contributed by atoms with Gasteiger partial charge in [-0.2, -0.15) is 0 Å². The Labute approximate surface area is 123 Å². The van der Waals surface area contributed by atoms with Crippen molar-refractivity contribution in [3.63, 3.8) is 0 Å². The van der Waals surface area contributed by atoms with Crippen molar-refractivity contribution in [3.05, 3.63) is 53.5 Å². The largest absolute Gasteiger partial charge is 0.447 e. The molecule has 0 aliphatic rings. The first-order valence-corrected chi connectivity index (χ1v) is 7.97. The fourth-order valence-electron chi connectivity index (χ4n) is 1.83. The first kappa shape index (κ1) is 15.7. The van der Waals surface area contributed by atoms with Gasteiger partial charge in [0.25, 0.3) is 10.0 Å². The third-order valence-electron chi connectivity index (χ3n) is 3.00. The Kier molecular flexibility index (Phi) is 5.11. The summed E-state index contributed by atoms with van der Waals surface area (Å²) in [7, 11) is -2.23. The predicted molar refractivity (Wildman–Crippen MR) is 76.8 cm³/mol. The number of furan rings is 1. The van der Waals surface area contributed by atoms with Crippen LogP contribution in [-0.4, -0.2) is 22.0 Å². The van der Waals surface area contributed by atoms with E-state index in [0.717, 1.165) is 0 Å². The predicted octanol–water partition coefficient (Wildman–Crippen LogP) is 1.66. The maximum Gasteiger partial charge on any atom is 0.273 e. The van der Waals surface area contributed by atoms with Crippen LogP contribution >= 0.6 is 0 Å². The van der Waals surface area contributed by atoms with E-state index in [4.69, 9.17) is 4.42 Å². The summed E-state index contributed by atoms with van der Waals surface area (Å²) in [6, 6.07) is 9.61. The zero-order chi connectivity index (χ0) is 15.3. The second kappa shape index (κ2) is 6.84. The van der Waals surface area contributed by atoms with E-state index in [1.54, 1.807) is 24.3 Å². The lowest BCUT2D eigenvalue weighted by Crippen LogP contribution is -2.18. The lowest BCUT2D eigenvalue weighted by Gasteiger charge is -2.04. The SMILES string of the molecule is CNS(=O)(=O)c1ccc(CNCCc2ccccc2F)o1. The third kappa shape index (κ3) is 4.13. The molecule has 0 saturated heterocycles. The van der Waals surface area contributed by atoms with Gasteiger partial charge in [-0.3, -0.25) is 0 Å². The molecule has 1 aromatic heterocycles. The van der Waals surface area contributed by atoms with Gasteiger partial charge in [0, 0.05) is 0 Å². The van der Waals surface area contributed by atoms with Gasteiger partial charge in [0.2, 0.25) is 5.09 Å².